The first-order valence-corrected chi connectivity index (χ1v) is 10.3. The van der Waals surface area contributed by atoms with Gasteiger partial charge in [-0.15, -0.1) is 0 Å². The van der Waals surface area contributed by atoms with E-state index in [-0.39, 0.29) is 40.7 Å². The zero-order valence-electron chi connectivity index (χ0n) is 17.3. The molecule has 0 bridgehead atoms. The molecule has 0 spiro atoms. The van der Waals surface area contributed by atoms with Gasteiger partial charge in [-0.1, -0.05) is 24.3 Å². The van der Waals surface area contributed by atoms with Gasteiger partial charge in [0.25, 0.3) is 5.91 Å². The molecule has 7 nitrogen and oxygen atoms in total. The monoisotopic (exact) mass is 428 g/mol. The molecule has 160 valence electrons. The minimum Gasteiger partial charge on any atom is -0.504 e. The molecule has 1 N–H and O–H groups in total. The number of carbonyl (C=O) groups is 1. The molecule has 7 heteroatoms. The summed E-state index contributed by atoms with van der Waals surface area (Å²) in [6.07, 6.45) is 3.34. The molecule has 5 rings (SSSR count). The number of hydrogen-bond donors (Lipinski definition) is 1. The van der Waals surface area contributed by atoms with E-state index in [0.29, 0.717) is 23.1 Å². The minimum atomic E-state index is -0.696. The molecule has 0 saturated heterocycles. The zero-order valence-corrected chi connectivity index (χ0v) is 17.3. The van der Waals surface area contributed by atoms with E-state index in [0.717, 1.165) is 5.56 Å². The van der Waals surface area contributed by atoms with Crippen LogP contribution in [0.4, 0.5) is 0 Å². The number of nitrogens with zero attached hydrogens (tertiary/aromatic N) is 2. The van der Waals surface area contributed by atoms with Crippen LogP contribution in [-0.4, -0.2) is 27.5 Å². The van der Waals surface area contributed by atoms with Crippen molar-refractivity contribution in [2.75, 3.05) is 6.61 Å². The maximum absolute atomic E-state index is 13.5. The molecule has 0 aliphatic carbocycles. The summed E-state index contributed by atoms with van der Waals surface area (Å²) < 4.78 is 11.5. The van der Waals surface area contributed by atoms with Crippen molar-refractivity contribution < 1.29 is 19.1 Å². The highest BCUT2D eigenvalue weighted by molar-refractivity contribution is 5.99. The first-order chi connectivity index (χ1) is 15.6. The number of phenolic OH excluding ortho intramolecular Hbond substituents is 1. The molecule has 3 heterocycles. The second kappa shape index (κ2) is 7.85. The highest BCUT2D eigenvalue weighted by Crippen LogP contribution is 2.41. The topological polar surface area (TPSA) is 92.9 Å². The van der Waals surface area contributed by atoms with Crippen LogP contribution in [0.1, 0.15) is 40.2 Å². The summed E-state index contributed by atoms with van der Waals surface area (Å²) >= 11 is 0. The maximum Gasteiger partial charge on any atom is 0.291 e. The van der Waals surface area contributed by atoms with Crippen LogP contribution in [0.3, 0.4) is 0 Å². The van der Waals surface area contributed by atoms with Crippen LogP contribution in [0.2, 0.25) is 0 Å². The Morgan fingerprint density at radius 1 is 1.12 bits per heavy atom. The molecule has 1 aliphatic heterocycles. The van der Waals surface area contributed by atoms with Crippen LogP contribution in [-0.2, 0) is 6.54 Å². The third-order valence-electron chi connectivity index (χ3n) is 5.55. The van der Waals surface area contributed by atoms with Crippen molar-refractivity contribution in [3.05, 3.63) is 99.7 Å². The molecule has 0 radical (unpaired) electrons. The normalized spacial score (nSPS) is 15.2. The fourth-order valence-corrected chi connectivity index (χ4v) is 4.14. The van der Waals surface area contributed by atoms with E-state index in [1.54, 1.807) is 59.8 Å². The van der Waals surface area contributed by atoms with E-state index in [2.05, 4.69) is 4.98 Å². The molecule has 1 unspecified atom stereocenters. The predicted octanol–water partition coefficient (Wildman–Crippen LogP) is 4.04. The van der Waals surface area contributed by atoms with Crippen molar-refractivity contribution in [2.45, 2.75) is 19.5 Å². The molecule has 4 aromatic rings. The molecular formula is C25H20N2O5. The van der Waals surface area contributed by atoms with Crippen molar-refractivity contribution in [3.63, 3.8) is 0 Å². The van der Waals surface area contributed by atoms with E-state index in [4.69, 9.17) is 9.15 Å². The summed E-state index contributed by atoms with van der Waals surface area (Å²) in [6.45, 7) is 2.42. The number of pyridine rings is 1. The summed E-state index contributed by atoms with van der Waals surface area (Å²) in [5, 5.41) is 10.6. The molecule has 1 amide bonds. The highest BCUT2D eigenvalue weighted by atomic mass is 16.5. The summed E-state index contributed by atoms with van der Waals surface area (Å²) in [6, 6.07) is 14.7. The van der Waals surface area contributed by atoms with Gasteiger partial charge in [-0.25, -0.2) is 0 Å². The fourth-order valence-electron chi connectivity index (χ4n) is 4.14. The van der Waals surface area contributed by atoms with E-state index >= 15 is 0 Å². The average Bonchev–Trinajstić information content (AvgIpc) is 3.08. The Morgan fingerprint density at radius 3 is 2.75 bits per heavy atom. The van der Waals surface area contributed by atoms with Crippen LogP contribution in [0.15, 0.2) is 76.2 Å². The van der Waals surface area contributed by atoms with E-state index in [9.17, 15) is 14.7 Å². The number of carbonyl (C=O) groups excluding carboxylic acids is 1. The lowest BCUT2D eigenvalue weighted by Gasteiger charge is -2.25. The van der Waals surface area contributed by atoms with Gasteiger partial charge in [0.1, 0.15) is 5.58 Å². The number of hydrogen-bond acceptors (Lipinski definition) is 6. The van der Waals surface area contributed by atoms with Crippen molar-refractivity contribution in [3.8, 4) is 11.5 Å². The number of amides is 1. The summed E-state index contributed by atoms with van der Waals surface area (Å²) in [5.41, 5.74) is 1.86. The van der Waals surface area contributed by atoms with Gasteiger partial charge in [-0.3, -0.25) is 14.6 Å². The van der Waals surface area contributed by atoms with Crippen LogP contribution >= 0.6 is 0 Å². The molecule has 0 fully saturated rings. The second-order valence-corrected chi connectivity index (χ2v) is 7.53. The largest absolute Gasteiger partial charge is 0.504 e. The van der Waals surface area contributed by atoms with E-state index in [1.165, 1.54) is 6.07 Å². The second-order valence-electron chi connectivity index (χ2n) is 7.53. The standard InChI is InChI=1S/C25H20N2O5/c1-2-31-20-12-16(9-10-18(20)28)22-21-23(29)17-7-3-4-8-19(17)32-24(21)25(30)27(22)14-15-6-5-11-26-13-15/h3-13,22,28H,2,14H2,1H3. The van der Waals surface area contributed by atoms with Gasteiger partial charge >= 0.3 is 0 Å². The maximum atomic E-state index is 13.5. The third kappa shape index (κ3) is 3.19. The first-order valence-electron chi connectivity index (χ1n) is 10.3. The molecule has 0 saturated carbocycles. The molecule has 32 heavy (non-hydrogen) atoms. The summed E-state index contributed by atoms with van der Waals surface area (Å²) in [4.78, 5) is 32.7. The van der Waals surface area contributed by atoms with Crippen molar-refractivity contribution in [2.24, 2.45) is 0 Å². The Kier molecular flexibility index (Phi) is 4.86. The summed E-state index contributed by atoms with van der Waals surface area (Å²) in [7, 11) is 0. The first kappa shape index (κ1) is 19.8. The Bertz CT molecular complexity index is 1380. The Labute approximate surface area is 183 Å². The number of para-hydroxylation sites is 1. The minimum absolute atomic E-state index is 0.00972. The Hall–Kier alpha value is -4.13. The SMILES string of the molecule is CCOc1cc(C2c3c(oc4ccccc4c3=O)C(=O)N2Cc2cccnc2)ccc1O. The van der Waals surface area contributed by atoms with Crippen LogP contribution in [0, 0.1) is 0 Å². The van der Waals surface area contributed by atoms with Gasteiger partial charge in [-0.2, -0.15) is 0 Å². The fraction of sp³-hybridized carbons (Fsp3) is 0.160. The van der Waals surface area contributed by atoms with Crippen molar-refractivity contribution in [1.29, 1.82) is 0 Å². The number of fused-ring (bicyclic) bond motifs is 2. The van der Waals surface area contributed by atoms with Crippen molar-refractivity contribution in [1.82, 2.24) is 9.88 Å². The van der Waals surface area contributed by atoms with Crippen LogP contribution in [0.25, 0.3) is 11.0 Å². The van der Waals surface area contributed by atoms with Gasteiger partial charge in [0, 0.05) is 18.9 Å². The lowest BCUT2D eigenvalue weighted by molar-refractivity contribution is 0.0714. The number of ether oxygens (including phenoxy) is 1. The molecule has 2 aromatic heterocycles. The number of phenols is 1. The molecular weight excluding hydrogens is 408 g/mol. The molecule has 1 aliphatic rings. The van der Waals surface area contributed by atoms with Gasteiger partial charge in [0.15, 0.2) is 16.9 Å². The number of benzene rings is 2. The quantitative estimate of drug-likeness (QED) is 0.516. The lowest BCUT2D eigenvalue weighted by Crippen LogP contribution is -2.29. The van der Waals surface area contributed by atoms with Gasteiger partial charge in [0.05, 0.1) is 23.6 Å². The smallest absolute Gasteiger partial charge is 0.291 e. The Morgan fingerprint density at radius 2 is 1.97 bits per heavy atom. The van der Waals surface area contributed by atoms with Crippen molar-refractivity contribution >= 4 is 16.9 Å². The van der Waals surface area contributed by atoms with Crippen LogP contribution < -0.4 is 10.2 Å². The van der Waals surface area contributed by atoms with Gasteiger partial charge in [-0.05, 0) is 48.4 Å². The zero-order chi connectivity index (χ0) is 22.2. The lowest BCUT2D eigenvalue weighted by atomic mass is 9.98. The van der Waals surface area contributed by atoms with E-state index < -0.39 is 6.04 Å². The molecule has 1 atom stereocenters. The number of rotatable bonds is 5. The number of aromatic hydroxyl groups is 1. The molecule has 2 aromatic carbocycles. The van der Waals surface area contributed by atoms with Crippen LogP contribution in [0.5, 0.6) is 11.5 Å². The van der Waals surface area contributed by atoms with Gasteiger partial charge < -0.3 is 19.2 Å². The third-order valence-corrected chi connectivity index (χ3v) is 5.55. The number of aromatic nitrogens is 1. The van der Waals surface area contributed by atoms with Gasteiger partial charge in [0.2, 0.25) is 5.76 Å². The Balaban J connectivity index is 1.72. The average molecular weight is 428 g/mol. The predicted molar refractivity (Wildman–Crippen MR) is 118 cm³/mol. The highest BCUT2D eigenvalue weighted by Gasteiger charge is 2.43. The van der Waals surface area contributed by atoms with E-state index in [1.807, 2.05) is 13.0 Å². The summed E-state index contributed by atoms with van der Waals surface area (Å²) in [5.74, 6) is -0.0572.